The number of hydrogen-bond donors (Lipinski definition) is 1. The Labute approximate surface area is 241 Å². The van der Waals surface area contributed by atoms with Gasteiger partial charge in [-0.3, -0.25) is 14.4 Å². The zero-order chi connectivity index (χ0) is 28.0. The second kappa shape index (κ2) is 11.0. The molecule has 4 aliphatic heterocycles. The van der Waals surface area contributed by atoms with E-state index in [1.165, 1.54) is 6.42 Å². The average Bonchev–Trinajstić information content (AvgIpc) is 3.28. The topological polar surface area (TPSA) is 81.2 Å². The molecule has 1 N–H and O–H groups in total. The Bertz CT molecular complexity index is 1200. The lowest BCUT2D eigenvalue weighted by Gasteiger charge is -2.41. The molecule has 3 amide bonds. The van der Waals surface area contributed by atoms with E-state index < -0.39 is 28.7 Å². The number of likely N-dealkylation sites (tertiary alicyclic amines) is 1. The summed E-state index contributed by atoms with van der Waals surface area (Å²) in [6, 6.07) is 8.59. The maximum Gasteiger partial charge on any atom is 0.247 e. The van der Waals surface area contributed by atoms with E-state index >= 15 is 0 Å². The summed E-state index contributed by atoms with van der Waals surface area (Å²) in [5.74, 6) is -1.25. The molecule has 7 nitrogen and oxygen atoms in total. The quantitative estimate of drug-likeness (QED) is 0.529. The number of anilines is 1. The predicted molar refractivity (Wildman–Crippen MR) is 158 cm³/mol. The molecular formula is C32H41N3O4S. The van der Waals surface area contributed by atoms with Gasteiger partial charge >= 0.3 is 0 Å². The first-order chi connectivity index (χ1) is 19.4. The fourth-order valence-corrected chi connectivity index (χ4v) is 9.86. The molecule has 1 unspecified atom stereocenters. The molecule has 6 atom stereocenters. The smallest absolute Gasteiger partial charge is 0.247 e. The maximum atomic E-state index is 14.7. The largest absolute Gasteiger partial charge is 0.394 e. The second-order valence-electron chi connectivity index (χ2n) is 12.5. The summed E-state index contributed by atoms with van der Waals surface area (Å²) < 4.78 is -0.850. The third-order valence-electron chi connectivity index (χ3n) is 9.56. The SMILES string of the molecule is CC(C)C[C@H](CO)N1C(=O)[C@@H]2[C@@H]3C(=O)N(c4ccccc4)CC=C[C@@H]3S[C@@]23C=CCN(C2CCCCC2)C(=O)C13. The number of para-hydroxylation sites is 1. The third-order valence-corrected chi connectivity index (χ3v) is 11.3. The minimum atomic E-state index is -0.850. The third kappa shape index (κ3) is 4.42. The van der Waals surface area contributed by atoms with Gasteiger partial charge in [0.05, 0.1) is 29.2 Å². The van der Waals surface area contributed by atoms with Crippen molar-refractivity contribution in [1.82, 2.24) is 9.80 Å². The number of aliphatic hydroxyl groups excluding tert-OH is 1. The van der Waals surface area contributed by atoms with Crippen molar-refractivity contribution >= 4 is 35.2 Å². The molecule has 40 heavy (non-hydrogen) atoms. The summed E-state index contributed by atoms with van der Waals surface area (Å²) in [5, 5.41) is 10.4. The Balaban J connectivity index is 1.44. The first-order valence-electron chi connectivity index (χ1n) is 15.0. The predicted octanol–water partition coefficient (Wildman–Crippen LogP) is 4.02. The Kier molecular flexibility index (Phi) is 7.59. The minimum Gasteiger partial charge on any atom is -0.394 e. The standard InChI is InChI=1S/C32H41N3O4S/c1-21(2)19-24(20-36)35-28-31(39)34(23-13-7-4-8-14-23)18-10-16-32(28)27(30(35)38)26-25(40-32)15-9-17-33(29(26)37)22-11-5-3-6-12-22/h3,5-6,9-12,15-16,21,23-28,36H,4,7-8,13-14,17-20H2,1-2H3/t24-,25+,26-,27+,28?,32+/m1/s1. The summed E-state index contributed by atoms with van der Waals surface area (Å²) in [7, 11) is 0. The normalized spacial score (nSPS) is 33.2. The van der Waals surface area contributed by atoms with Gasteiger partial charge in [0.1, 0.15) is 6.04 Å². The van der Waals surface area contributed by atoms with Gasteiger partial charge in [-0.25, -0.2) is 0 Å². The molecule has 0 radical (unpaired) electrons. The van der Waals surface area contributed by atoms with Gasteiger partial charge < -0.3 is 19.8 Å². The highest BCUT2D eigenvalue weighted by Crippen LogP contribution is 2.61. The lowest BCUT2D eigenvalue weighted by molar-refractivity contribution is -0.147. The number of amides is 3. The lowest BCUT2D eigenvalue weighted by atomic mass is 9.78. The fraction of sp³-hybridized carbons (Fsp3) is 0.594. The molecule has 1 aromatic rings. The van der Waals surface area contributed by atoms with Crippen LogP contribution >= 0.6 is 11.8 Å². The Morgan fingerprint density at radius 1 is 0.975 bits per heavy atom. The molecule has 0 aromatic heterocycles. The van der Waals surface area contributed by atoms with E-state index in [0.717, 1.165) is 31.4 Å². The number of thioether (sulfide) groups is 1. The van der Waals surface area contributed by atoms with Crippen LogP contribution in [0, 0.1) is 17.8 Å². The number of rotatable bonds is 6. The summed E-state index contributed by atoms with van der Waals surface area (Å²) in [4.78, 5) is 49.1. The van der Waals surface area contributed by atoms with Crippen LogP contribution in [0.3, 0.4) is 0 Å². The molecule has 0 bridgehead atoms. The van der Waals surface area contributed by atoms with E-state index in [1.54, 1.807) is 21.6 Å². The summed E-state index contributed by atoms with van der Waals surface area (Å²) in [5.41, 5.74) is 0.812. The minimum absolute atomic E-state index is 0.0183. The number of fused-ring (bicyclic) bond motifs is 2. The summed E-state index contributed by atoms with van der Waals surface area (Å²) >= 11 is 1.62. The molecule has 1 aromatic carbocycles. The van der Waals surface area contributed by atoms with Crippen LogP contribution in [0.5, 0.6) is 0 Å². The molecule has 6 rings (SSSR count). The molecule has 2 saturated heterocycles. The van der Waals surface area contributed by atoms with Crippen LogP contribution in [0.4, 0.5) is 5.69 Å². The van der Waals surface area contributed by atoms with Crippen molar-refractivity contribution in [2.75, 3.05) is 24.6 Å². The van der Waals surface area contributed by atoms with Crippen LogP contribution in [-0.4, -0.2) is 80.4 Å². The van der Waals surface area contributed by atoms with Crippen molar-refractivity contribution < 1.29 is 19.5 Å². The zero-order valence-electron chi connectivity index (χ0n) is 23.5. The summed E-state index contributed by atoms with van der Waals surface area (Å²) in [6.07, 6.45) is 14.3. The number of nitrogens with zero attached hydrogens (tertiary/aromatic N) is 3. The van der Waals surface area contributed by atoms with Crippen LogP contribution in [0.1, 0.15) is 52.4 Å². The monoisotopic (exact) mass is 563 g/mol. The number of carbonyl (C=O) groups is 3. The van der Waals surface area contributed by atoms with Gasteiger partial charge in [0.25, 0.3) is 0 Å². The highest BCUT2D eigenvalue weighted by molar-refractivity contribution is 8.02. The fourth-order valence-electron chi connectivity index (χ4n) is 7.87. The van der Waals surface area contributed by atoms with Crippen molar-refractivity contribution in [2.45, 2.75) is 80.5 Å². The van der Waals surface area contributed by atoms with Crippen molar-refractivity contribution in [1.29, 1.82) is 0 Å². The van der Waals surface area contributed by atoms with E-state index in [0.29, 0.717) is 19.5 Å². The molecular weight excluding hydrogens is 522 g/mol. The van der Waals surface area contributed by atoms with Gasteiger partial charge in [-0.05, 0) is 37.3 Å². The first-order valence-corrected chi connectivity index (χ1v) is 15.9. The number of hydrogen-bond acceptors (Lipinski definition) is 5. The Morgan fingerprint density at radius 3 is 2.42 bits per heavy atom. The van der Waals surface area contributed by atoms with Gasteiger partial charge in [0.15, 0.2) is 0 Å². The molecule has 5 aliphatic rings. The van der Waals surface area contributed by atoms with Crippen LogP contribution in [-0.2, 0) is 14.4 Å². The molecule has 3 fully saturated rings. The van der Waals surface area contributed by atoms with Gasteiger partial charge in [0, 0.05) is 30.1 Å². The van der Waals surface area contributed by atoms with E-state index in [-0.39, 0.29) is 41.5 Å². The molecule has 214 valence electrons. The highest BCUT2D eigenvalue weighted by atomic mass is 32.2. The van der Waals surface area contributed by atoms with Crippen LogP contribution < -0.4 is 4.90 Å². The highest BCUT2D eigenvalue weighted by Gasteiger charge is 2.72. The average molecular weight is 564 g/mol. The molecule has 1 aliphatic carbocycles. The van der Waals surface area contributed by atoms with Gasteiger partial charge in [0.2, 0.25) is 17.7 Å². The number of carbonyl (C=O) groups excluding carboxylic acids is 3. The van der Waals surface area contributed by atoms with Crippen LogP contribution in [0.25, 0.3) is 0 Å². The second-order valence-corrected chi connectivity index (χ2v) is 13.9. The van der Waals surface area contributed by atoms with Gasteiger partial charge in [-0.15, -0.1) is 11.8 Å². The first kappa shape index (κ1) is 27.6. The maximum absolute atomic E-state index is 14.7. The van der Waals surface area contributed by atoms with Crippen molar-refractivity contribution in [3.63, 3.8) is 0 Å². The lowest BCUT2D eigenvalue weighted by Crippen LogP contribution is -2.58. The van der Waals surface area contributed by atoms with Gasteiger partial charge in [-0.2, -0.15) is 0 Å². The molecule has 4 heterocycles. The van der Waals surface area contributed by atoms with Crippen LogP contribution in [0.15, 0.2) is 54.6 Å². The van der Waals surface area contributed by atoms with Crippen molar-refractivity contribution in [2.24, 2.45) is 17.8 Å². The number of benzene rings is 1. The molecule has 8 heteroatoms. The van der Waals surface area contributed by atoms with Gasteiger partial charge in [-0.1, -0.05) is 75.6 Å². The van der Waals surface area contributed by atoms with E-state index in [4.69, 9.17) is 0 Å². The van der Waals surface area contributed by atoms with E-state index in [9.17, 15) is 19.5 Å². The van der Waals surface area contributed by atoms with Crippen molar-refractivity contribution in [3.8, 4) is 0 Å². The van der Waals surface area contributed by atoms with Crippen molar-refractivity contribution in [3.05, 3.63) is 54.6 Å². The van der Waals surface area contributed by atoms with Crippen LogP contribution in [0.2, 0.25) is 0 Å². The molecule has 1 saturated carbocycles. The molecule has 1 spiro atoms. The number of aliphatic hydroxyl groups is 1. The summed E-state index contributed by atoms with van der Waals surface area (Å²) in [6.45, 7) is 4.93. The Hall–Kier alpha value is -2.58. The Morgan fingerprint density at radius 2 is 1.73 bits per heavy atom. The zero-order valence-corrected chi connectivity index (χ0v) is 24.3. The van der Waals surface area contributed by atoms with E-state index in [1.807, 2.05) is 41.3 Å². The van der Waals surface area contributed by atoms with E-state index in [2.05, 4.69) is 32.1 Å².